The second-order valence-electron chi connectivity index (χ2n) is 7.92. The maximum atomic E-state index is 13.9. The number of nitrogens with zero attached hydrogens (tertiary/aromatic N) is 2. The Bertz CT molecular complexity index is 723. The summed E-state index contributed by atoms with van der Waals surface area (Å²) >= 11 is 0. The average molecular weight is 425 g/mol. The van der Waals surface area contributed by atoms with Crippen LogP contribution in [0.2, 0.25) is 0 Å². The highest BCUT2D eigenvalue weighted by atomic mass is 19.1. The maximum absolute atomic E-state index is 13.9. The number of hydrogen-bond acceptors (Lipinski definition) is 6. The van der Waals surface area contributed by atoms with Gasteiger partial charge in [-0.3, -0.25) is 9.89 Å². The number of β-amino-alcohol motifs (C(OH)–C–C–N with tert-alkyl or cyclic N) is 1. The smallest absolute Gasteiger partial charge is 0.191 e. The van der Waals surface area contributed by atoms with Gasteiger partial charge in [-0.2, -0.15) is 0 Å². The fourth-order valence-corrected chi connectivity index (χ4v) is 3.64. The predicted octanol–water partition coefficient (Wildman–Crippen LogP) is 0.873. The molecular formula is C21H33FN4O4. The fraction of sp³-hybridized carbons (Fsp3) is 0.667. The van der Waals surface area contributed by atoms with Crippen molar-refractivity contribution < 1.29 is 23.7 Å². The fourth-order valence-electron chi connectivity index (χ4n) is 3.64. The van der Waals surface area contributed by atoms with Crippen molar-refractivity contribution in [3.63, 3.8) is 0 Å². The van der Waals surface area contributed by atoms with Crippen LogP contribution in [-0.2, 0) is 22.5 Å². The highest BCUT2D eigenvalue weighted by molar-refractivity contribution is 5.79. The van der Waals surface area contributed by atoms with Crippen molar-refractivity contribution in [2.24, 2.45) is 4.99 Å². The minimum Gasteiger partial charge on any atom is -0.467 e. The van der Waals surface area contributed by atoms with E-state index in [0.29, 0.717) is 57.6 Å². The van der Waals surface area contributed by atoms with Gasteiger partial charge in [-0.1, -0.05) is 0 Å². The molecule has 0 spiro atoms. The summed E-state index contributed by atoms with van der Waals surface area (Å²) in [6.45, 7) is 9.44. The quantitative estimate of drug-likeness (QED) is 0.422. The molecule has 1 aromatic rings. The number of rotatable bonds is 8. The number of aliphatic hydroxyl groups is 1. The molecular weight excluding hydrogens is 391 g/mol. The number of hydrogen-bond donors (Lipinski definition) is 3. The first-order chi connectivity index (χ1) is 14.5. The molecule has 8 nitrogen and oxygen atoms in total. The second kappa shape index (κ2) is 10.9. The van der Waals surface area contributed by atoms with Gasteiger partial charge in [0, 0.05) is 38.3 Å². The minimum absolute atomic E-state index is 0.182. The molecule has 0 aliphatic carbocycles. The minimum atomic E-state index is -0.935. The Labute approximate surface area is 177 Å². The van der Waals surface area contributed by atoms with E-state index in [9.17, 15) is 9.50 Å². The molecule has 0 saturated carbocycles. The molecule has 9 heteroatoms. The van der Waals surface area contributed by atoms with E-state index in [0.717, 1.165) is 24.2 Å². The second-order valence-corrected chi connectivity index (χ2v) is 7.92. The van der Waals surface area contributed by atoms with E-state index in [2.05, 4.69) is 20.5 Å². The van der Waals surface area contributed by atoms with Crippen LogP contribution in [0.15, 0.2) is 17.1 Å². The van der Waals surface area contributed by atoms with Crippen LogP contribution >= 0.6 is 0 Å². The monoisotopic (exact) mass is 424 g/mol. The molecule has 3 rings (SSSR count). The van der Waals surface area contributed by atoms with Crippen molar-refractivity contribution in [2.45, 2.75) is 32.5 Å². The summed E-state index contributed by atoms with van der Waals surface area (Å²) in [5.41, 5.74) is 0.599. The Morgan fingerprint density at radius 1 is 1.27 bits per heavy atom. The van der Waals surface area contributed by atoms with Gasteiger partial charge in [0.25, 0.3) is 0 Å². The summed E-state index contributed by atoms with van der Waals surface area (Å²) in [5, 5.41) is 17.2. The van der Waals surface area contributed by atoms with Crippen LogP contribution in [0.5, 0.6) is 5.75 Å². The first-order valence-electron chi connectivity index (χ1n) is 10.5. The lowest BCUT2D eigenvalue weighted by atomic mass is 10.1. The Morgan fingerprint density at radius 2 is 2.07 bits per heavy atom. The van der Waals surface area contributed by atoms with Crippen LogP contribution in [0.4, 0.5) is 4.39 Å². The van der Waals surface area contributed by atoms with Gasteiger partial charge in [-0.05, 0) is 38.0 Å². The van der Waals surface area contributed by atoms with Crippen LogP contribution in [0, 0.1) is 5.82 Å². The SMILES string of the molecule is CCNC(=NCC(C)(O)CN1CCOCC1)NCCc1cc(F)cc2c1OCOC2. The van der Waals surface area contributed by atoms with E-state index in [4.69, 9.17) is 14.2 Å². The third-order valence-corrected chi connectivity index (χ3v) is 5.03. The molecule has 0 radical (unpaired) electrons. The average Bonchev–Trinajstić information content (AvgIpc) is 2.72. The van der Waals surface area contributed by atoms with Crippen molar-refractivity contribution in [2.75, 3.05) is 59.3 Å². The highest BCUT2D eigenvalue weighted by Gasteiger charge is 2.25. The molecule has 2 aliphatic heterocycles. The Kier molecular flexibility index (Phi) is 8.26. The Balaban J connectivity index is 1.54. The molecule has 1 saturated heterocycles. The lowest BCUT2D eigenvalue weighted by Gasteiger charge is -2.33. The summed E-state index contributed by atoms with van der Waals surface area (Å²) in [4.78, 5) is 6.74. The first-order valence-corrected chi connectivity index (χ1v) is 10.5. The standard InChI is InChI=1S/C21H33FN4O4/c1-3-23-20(25-13-21(2,27)14-26-6-8-28-9-7-26)24-5-4-16-10-18(22)11-17-12-29-15-30-19(16)17/h10-11,27H,3-9,12-15H2,1-2H3,(H2,23,24,25). The largest absolute Gasteiger partial charge is 0.467 e. The van der Waals surface area contributed by atoms with Crippen molar-refractivity contribution >= 4 is 5.96 Å². The molecule has 30 heavy (non-hydrogen) atoms. The number of morpholine rings is 1. The van der Waals surface area contributed by atoms with Crippen molar-refractivity contribution in [1.82, 2.24) is 15.5 Å². The lowest BCUT2D eigenvalue weighted by Crippen LogP contribution is -2.48. The van der Waals surface area contributed by atoms with Gasteiger partial charge < -0.3 is 30.0 Å². The van der Waals surface area contributed by atoms with Gasteiger partial charge in [-0.15, -0.1) is 0 Å². The summed E-state index contributed by atoms with van der Waals surface area (Å²) < 4.78 is 30.1. The van der Waals surface area contributed by atoms with E-state index in [1.54, 1.807) is 6.92 Å². The van der Waals surface area contributed by atoms with Crippen molar-refractivity contribution in [3.05, 3.63) is 29.1 Å². The normalized spacial score (nSPS) is 19.5. The van der Waals surface area contributed by atoms with Crippen molar-refractivity contribution in [1.29, 1.82) is 0 Å². The van der Waals surface area contributed by atoms with E-state index < -0.39 is 5.60 Å². The van der Waals surface area contributed by atoms with Crippen LogP contribution in [0.1, 0.15) is 25.0 Å². The van der Waals surface area contributed by atoms with Gasteiger partial charge in [0.1, 0.15) is 11.6 Å². The molecule has 0 bridgehead atoms. The molecule has 1 unspecified atom stereocenters. The van der Waals surface area contributed by atoms with Gasteiger partial charge in [-0.25, -0.2) is 4.39 Å². The Morgan fingerprint density at radius 3 is 2.83 bits per heavy atom. The van der Waals surface area contributed by atoms with Gasteiger partial charge in [0.05, 0.1) is 32.0 Å². The summed E-state index contributed by atoms with van der Waals surface area (Å²) in [6.07, 6.45) is 0.578. The maximum Gasteiger partial charge on any atom is 0.191 e. The van der Waals surface area contributed by atoms with Crippen LogP contribution < -0.4 is 15.4 Å². The van der Waals surface area contributed by atoms with Gasteiger partial charge in [0.15, 0.2) is 12.8 Å². The Hall–Kier alpha value is -1.94. The topological polar surface area (TPSA) is 87.6 Å². The van der Waals surface area contributed by atoms with Gasteiger partial charge in [0.2, 0.25) is 0 Å². The molecule has 0 aromatic heterocycles. The number of aliphatic imine (C=N–C) groups is 1. The zero-order chi connectivity index (χ0) is 21.4. The number of ether oxygens (including phenoxy) is 3. The number of fused-ring (bicyclic) bond motifs is 1. The summed E-state index contributed by atoms with van der Waals surface area (Å²) in [6, 6.07) is 2.95. The van der Waals surface area contributed by atoms with E-state index in [1.165, 1.54) is 12.1 Å². The zero-order valence-corrected chi connectivity index (χ0v) is 17.9. The first kappa shape index (κ1) is 22.7. The molecule has 2 aliphatic rings. The van der Waals surface area contributed by atoms with Crippen LogP contribution in [0.25, 0.3) is 0 Å². The van der Waals surface area contributed by atoms with E-state index >= 15 is 0 Å². The number of guanidine groups is 1. The van der Waals surface area contributed by atoms with Crippen molar-refractivity contribution in [3.8, 4) is 5.75 Å². The molecule has 3 N–H and O–H groups in total. The zero-order valence-electron chi connectivity index (χ0n) is 17.9. The molecule has 2 heterocycles. The summed E-state index contributed by atoms with van der Waals surface area (Å²) in [5.74, 6) is 1.03. The lowest BCUT2D eigenvalue weighted by molar-refractivity contribution is -0.0180. The molecule has 168 valence electrons. The van der Waals surface area contributed by atoms with Crippen LogP contribution in [-0.4, -0.2) is 80.8 Å². The number of nitrogens with one attached hydrogen (secondary N) is 2. The summed E-state index contributed by atoms with van der Waals surface area (Å²) in [7, 11) is 0. The molecule has 1 atom stereocenters. The third kappa shape index (κ3) is 6.80. The van der Waals surface area contributed by atoms with Crippen LogP contribution in [0.3, 0.4) is 0 Å². The molecule has 0 amide bonds. The molecule has 1 fully saturated rings. The number of halogens is 1. The van der Waals surface area contributed by atoms with E-state index in [1.807, 2.05) is 6.92 Å². The van der Waals surface area contributed by atoms with E-state index in [-0.39, 0.29) is 19.2 Å². The van der Waals surface area contributed by atoms with Gasteiger partial charge >= 0.3 is 0 Å². The number of benzene rings is 1. The molecule has 1 aromatic carbocycles. The highest BCUT2D eigenvalue weighted by Crippen LogP contribution is 2.29. The third-order valence-electron chi connectivity index (χ3n) is 5.03. The predicted molar refractivity (Wildman–Crippen MR) is 112 cm³/mol.